The summed E-state index contributed by atoms with van der Waals surface area (Å²) in [7, 11) is -3.35. The van der Waals surface area contributed by atoms with E-state index in [1.165, 1.54) is 4.31 Å². The summed E-state index contributed by atoms with van der Waals surface area (Å²) < 4.78 is 26.3. The highest BCUT2D eigenvalue weighted by Crippen LogP contribution is 2.31. The predicted molar refractivity (Wildman–Crippen MR) is 89.7 cm³/mol. The number of nitrogens with two attached hydrogens (primary N) is 1. The first kappa shape index (κ1) is 19.0. The Kier molecular flexibility index (Phi) is 6.36. The van der Waals surface area contributed by atoms with E-state index in [4.69, 9.17) is 28.9 Å². The van der Waals surface area contributed by atoms with E-state index >= 15 is 0 Å². The summed E-state index contributed by atoms with van der Waals surface area (Å²) >= 11 is 11.7. The van der Waals surface area contributed by atoms with Gasteiger partial charge in [-0.15, -0.1) is 12.4 Å². The van der Waals surface area contributed by atoms with Crippen molar-refractivity contribution in [2.24, 2.45) is 11.1 Å². The van der Waals surface area contributed by atoms with E-state index in [9.17, 15) is 8.42 Å². The maximum absolute atomic E-state index is 12.4. The minimum atomic E-state index is -3.35. The zero-order valence-corrected chi connectivity index (χ0v) is 14.8. The Morgan fingerprint density at radius 2 is 2.00 bits per heavy atom. The van der Waals surface area contributed by atoms with Crippen LogP contribution in [0, 0.1) is 5.41 Å². The summed E-state index contributed by atoms with van der Waals surface area (Å²) in [4.78, 5) is 0. The number of rotatable bonds is 4. The van der Waals surface area contributed by atoms with Crippen LogP contribution in [0.3, 0.4) is 0 Å². The van der Waals surface area contributed by atoms with Crippen LogP contribution in [0.15, 0.2) is 18.2 Å². The van der Waals surface area contributed by atoms with Crippen LogP contribution in [-0.4, -0.2) is 32.4 Å². The molecule has 8 heteroatoms. The Balaban J connectivity index is 0.00000220. The van der Waals surface area contributed by atoms with Gasteiger partial charge in [0.1, 0.15) is 0 Å². The smallest absolute Gasteiger partial charge is 0.218 e. The summed E-state index contributed by atoms with van der Waals surface area (Å²) in [6, 6.07) is 4.90. The van der Waals surface area contributed by atoms with Gasteiger partial charge in [-0.25, -0.2) is 12.7 Å². The summed E-state index contributed by atoms with van der Waals surface area (Å²) in [6.45, 7) is 3.51. The molecule has 2 N–H and O–H groups in total. The molecule has 0 bridgehead atoms. The molecule has 1 aliphatic rings. The van der Waals surface area contributed by atoms with Gasteiger partial charge < -0.3 is 5.73 Å². The Hall–Kier alpha value is -0.0400. The molecule has 1 aromatic carbocycles. The summed E-state index contributed by atoms with van der Waals surface area (Å²) in [5.41, 5.74) is 6.23. The van der Waals surface area contributed by atoms with Crippen LogP contribution in [0.1, 0.15) is 18.9 Å². The number of halogens is 3. The summed E-state index contributed by atoms with van der Waals surface area (Å²) in [6.07, 6.45) is 0.796. The first-order valence-electron chi connectivity index (χ1n) is 6.38. The Labute approximate surface area is 142 Å². The Bertz CT molecular complexity index is 609. The standard InChI is InChI=1S/C13H18Cl2N2O2S.ClH/c1-13(8-16)4-5-17(9-13)20(18,19)7-10-2-3-11(14)12(15)6-10;/h2-3,6H,4-5,7-9,16H2,1H3;1H. The summed E-state index contributed by atoms with van der Waals surface area (Å²) in [5, 5.41) is 0.789. The molecule has 0 radical (unpaired) electrons. The third-order valence-corrected chi connectivity index (χ3v) is 6.28. The first-order chi connectivity index (χ1) is 9.26. The van der Waals surface area contributed by atoms with Crippen molar-refractivity contribution in [1.82, 2.24) is 4.31 Å². The highest BCUT2D eigenvalue weighted by atomic mass is 35.5. The van der Waals surface area contributed by atoms with Crippen LogP contribution in [0.5, 0.6) is 0 Å². The molecule has 4 nitrogen and oxygen atoms in total. The van der Waals surface area contributed by atoms with Gasteiger partial charge in [0.2, 0.25) is 10.0 Å². The fraction of sp³-hybridized carbons (Fsp3) is 0.538. The Morgan fingerprint density at radius 1 is 1.33 bits per heavy atom. The minimum absolute atomic E-state index is 0. The van der Waals surface area contributed by atoms with Crippen molar-refractivity contribution < 1.29 is 8.42 Å². The molecule has 0 saturated carbocycles. The first-order valence-corrected chi connectivity index (χ1v) is 8.74. The van der Waals surface area contributed by atoms with E-state index in [1.54, 1.807) is 18.2 Å². The van der Waals surface area contributed by atoms with Gasteiger partial charge in [0, 0.05) is 13.1 Å². The van der Waals surface area contributed by atoms with Gasteiger partial charge in [-0.3, -0.25) is 0 Å². The fourth-order valence-corrected chi connectivity index (χ4v) is 4.30. The lowest BCUT2D eigenvalue weighted by Crippen LogP contribution is -2.35. The molecule has 1 saturated heterocycles. The molecule has 21 heavy (non-hydrogen) atoms. The van der Waals surface area contributed by atoms with Crippen LogP contribution in [0.25, 0.3) is 0 Å². The van der Waals surface area contributed by atoms with Gasteiger partial charge in [-0.05, 0) is 36.1 Å². The van der Waals surface area contributed by atoms with Crippen LogP contribution in [0.4, 0.5) is 0 Å². The second kappa shape index (κ2) is 7.02. The zero-order valence-electron chi connectivity index (χ0n) is 11.7. The average Bonchev–Trinajstić information content (AvgIpc) is 2.78. The van der Waals surface area contributed by atoms with E-state index in [0.29, 0.717) is 35.2 Å². The fourth-order valence-electron chi connectivity index (χ4n) is 2.31. The van der Waals surface area contributed by atoms with Gasteiger partial charge in [0.15, 0.2) is 0 Å². The highest BCUT2D eigenvalue weighted by molar-refractivity contribution is 7.88. The summed E-state index contributed by atoms with van der Waals surface area (Å²) in [5.74, 6) is -0.0649. The zero-order chi connectivity index (χ0) is 15.0. The van der Waals surface area contributed by atoms with E-state index < -0.39 is 10.0 Å². The molecule has 0 spiro atoms. The van der Waals surface area contributed by atoms with Crippen molar-refractivity contribution in [2.45, 2.75) is 19.1 Å². The van der Waals surface area contributed by atoms with E-state index in [2.05, 4.69) is 0 Å². The van der Waals surface area contributed by atoms with Crippen LogP contribution in [-0.2, 0) is 15.8 Å². The molecule has 0 aromatic heterocycles. The Morgan fingerprint density at radius 3 is 2.52 bits per heavy atom. The lowest BCUT2D eigenvalue weighted by Gasteiger charge is -2.22. The number of sulfonamides is 1. The third-order valence-electron chi connectivity index (χ3n) is 3.74. The minimum Gasteiger partial charge on any atom is -0.330 e. The quantitative estimate of drug-likeness (QED) is 0.882. The maximum atomic E-state index is 12.4. The molecule has 1 fully saturated rings. The molecule has 1 aromatic rings. The molecule has 0 amide bonds. The average molecular weight is 374 g/mol. The van der Waals surface area contributed by atoms with E-state index in [-0.39, 0.29) is 23.6 Å². The largest absolute Gasteiger partial charge is 0.330 e. The number of nitrogens with zero attached hydrogens (tertiary/aromatic N) is 1. The van der Waals surface area contributed by atoms with Crippen LogP contribution in [0.2, 0.25) is 10.0 Å². The predicted octanol–water partition coefficient (Wildman–Crippen LogP) is 2.92. The molecule has 2 rings (SSSR count). The molecular weight excluding hydrogens is 355 g/mol. The van der Waals surface area contributed by atoms with Crippen molar-refractivity contribution in [3.8, 4) is 0 Å². The second-order valence-electron chi connectivity index (χ2n) is 5.60. The lowest BCUT2D eigenvalue weighted by atomic mass is 9.90. The van der Waals surface area contributed by atoms with Gasteiger partial charge in [0.25, 0.3) is 0 Å². The van der Waals surface area contributed by atoms with E-state index in [0.717, 1.165) is 6.42 Å². The van der Waals surface area contributed by atoms with Gasteiger partial charge in [0.05, 0.1) is 15.8 Å². The van der Waals surface area contributed by atoms with Crippen LogP contribution >= 0.6 is 35.6 Å². The van der Waals surface area contributed by atoms with Crippen molar-refractivity contribution in [3.63, 3.8) is 0 Å². The van der Waals surface area contributed by atoms with Crippen molar-refractivity contribution in [2.75, 3.05) is 19.6 Å². The second-order valence-corrected chi connectivity index (χ2v) is 8.39. The SMILES string of the molecule is CC1(CN)CCN(S(=O)(=O)Cc2ccc(Cl)c(Cl)c2)C1.Cl. The van der Waals surface area contributed by atoms with Crippen molar-refractivity contribution in [1.29, 1.82) is 0 Å². The van der Waals surface area contributed by atoms with Gasteiger partial charge >= 0.3 is 0 Å². The topological polar surface area (TPSA) is 63.4 Å². The van der Waals surface area contributed by atoms with Gasteiger partial charge in [-0.2, -0.15) is 0 Å². The maximum Gasteiger partial charge on any atom is 0.218 e. The van der Waals surface area contributed by atoms with E-state index in [1.807, 2.05) is 6.92 Å². The highest BCUT2D eigenvalue weighted by Gasteiger charge is 2.38. The molecule has 1 atom stereocenters. The molecule has 0 aliphatic carbocycles. The molecular formula is C13H19Cl3N2O2S. The number of hydrogen-bond donors (Lipinski definition) is 1. The number of hydrogen-bond acceptors (Lipinski definition) is 3. The monoisotopic (exact) mass is 372 g/mol. The normalized spacial score (nSPS) is 23.0. The van der Waals surface area contributed by atoms with Crippen molar-refractivity contribution in [3.05, 3.63) is 33.8 Å². The van der Waals surface area contributed by atoms with Crippen LogP contribution < -0.4 is 5.73 Å². The third kappa shape index (κ3) is 4.47. The molecule has 1 aliphatic heterocycles. The number of benzene rings is 1. The molecule has 1 unspecified atom stereocenters. The van der Waals surface area contributed by atoms with Gasteiger partial charge in [-0.1, -0.05) is 36.2 Å². The lowest BCUT2D eigenvalue weighted by molar-refractivity contribution is 0.349. The molecule has 120 valence electrons. The molecule has 1 heterocycles. The van der Waals surface area contributed by atoms with Crippen molar-refractivity contribution >= 4 is 45.6 Å².